The molecule has 2 N–H and O–H groups in total. The Morgan fingerprint density at radius 2 is 1.82 bits per heavy atom. The number of para-hydroxylation sites is 1. The molecule has 1 aliphatic rings. The second-order valence-corrected chi connectivity index (χ2v) is 6.93. The molecule has 0 radical (unpaired) electrons. The Labute approximate surface area is 167 Å². The smallest absolute Gasteiger partial charge is 0.274 e. The van der Waals surface area contributed by atoms with Crippen LogP contribution in [0.2, 0.25) is 0 Å². The Kier molecular flexibility index (Phi) is 7.39. The summed E-state index contributed by atoms with van der Waals surface area (Å²) >= 11 is 0. The summed E-state index contributed by atoms with van der Waals surface area (Å²) in [7, 11) is 0. The SMILES string of the molecule is CCc1cccc(CC)c1NC(=O)c1ccc(NCCN2CCOCC2)cn1. The van der Waals surface area contributed by atoms with Crippen LogP contribution in [0.1, 0.15) is 35.5 Å². The summed E-state index contributed by atoms with van der Waals surface area (Å²) in [5, 5.41) is 6.43. The van der Waals surface area contributed by atoms with Crippen molar-refractivity contribution in [2.75, 3.05) is 50.0 Å². The highest BCUT2D eigenvalue weighted by Gasteiger charge is 2.13. The van der Waals surface area contributed by atoms with Gasteiger partial charge in [0.2, 0.25) is 0 Å². The molecule has 150 valence electrons. The van der Waals surface area contributed by atoms with Gasteiger partial charge in [-0.25, -0.2) is 4.98 Å². The summed E-state index contributed by atoms with van der Waals surface area (Å²) in [5.41, 5.74) is 4.56. The Balaban J connectivity index is 1.56. The lowest BCUT2D eigenvalue weighted by atomic mass is 10.0. The number of morpholine rings is 1. The van der Waals surface area contributed by atoms with Crippen molar-refractivity contribution < 1.29 is 9.53 Å². The molecule has 28 heavy (non-hydrogen) atoms. The molecule has 6 nitrogen and oxygen atoms in total. The summed E-state index contributed by atoms with van der Waals surface area (Å²) in [6.45, 7) is 9.60. The van der Waals surface area contributed by atoms with Gasteiger partial charge in [0.05, 0.1) is 25.1 Å². The molecule has 1 amide bonds. The van der Waals surface area contributed by atoms with Crippen molar-refractivity contribution in [1.82, 2.24) is 9.88 Å². The van der Waals surface area contributed by atoms with Crippen LogP contribution in [0, 0.1) is 0 Å². The van der Waals surface area contributed by atoms with E-state index < -0.39 is 0 Å². The first-order valence-corrected chi connectivity index (χ1v) is 10.1. The highest BCUT2D eigenvalue weighted by atomic mass is 16.5. The van der Waals surface area contributed by atoms with Gasteiger partial charge in [-0.3, -0.25) is 9.69 Å². The van der Waals surface area contributed by atoms with E-state index in [0.717, 1.165) is 74.7 Å². The average molecular weight is 383 g/mol. The molecule has 1 aromatic carbocycles. The summed E-state index contributed by atoms with van der Waals surface area (Å²) in [6, 6.07) is 9.84. The van der Waals surface area contributed by atoms with Crippen LogP contribution in [0.3, 0.4) is 0 Å². The van der Waals surface area contributed by atoms with Crippen LogP contribution in [0.25, 0.3) is 0 Å². The van der Waals surface area contributed by atoms with E-state index in [9.17, 15) is 4.79 Å². The number of pyridine rings is 1. The van der Waals surface area contributed by atoms with Crippen LogP contribution in [0.15, 0.2) is 36.5 Å². The van der Waals surface area contributed by atoms with Crippen LogP contribution in [0.5, 0.6) is 0 Å². The molecule has 0 unspecified atom stereocenters. The standard InChI is InChI=1S/C22H30N4O2/c1-3-17-6-5-7-18(4-2)21(17)25-22(27)20-9-8-19(16-24-20)23-10-11-26-12-14-28-15-13-26/h5-9,16,23H,3-4,10-15H2,1-2H3,(H,25,27). The summed E-state index contributed by atoms with van der Waals surface area (Å²) in [5.74, 6) is -0.171. The van der Waals surface area contributed by atoms with Crippen molar-refractivity contribution in [3.63, 3.8) is 0 Å². The number of benzene rings is 1. The number of carbonyl (C=O) groups excluding carboxylic acids is 1. The Bertz CT molecular complexity index is 748. The topological polar surface area (TPSA) is 66.5 Å². The molecule has 0 spiro atoms. The minimum absolute atomic E-state index is 0.171. The minimum atomic E-state index is -0.171. The van der Waals surface area contributed by atoms with E-state index in [4.69, 9.17) is 4.74 Å². The molecule has 0 saturated carbocycles. The van der Waals surface area contributed by atoms with E-state index in [1.165, 1.54) is 0 Å². The average Bonchev–Trinajstić information content (AvgIpc) is 2.75. The number of hydrogen-bond acceptors (Lipinski definition) is 5. The van der Waals surface area contributed by atoms with Crippen molar-refractivity contribution in [1.29, 1.82) is 0 Å². The van der Waals surface area contributed by atoms with Crippen LogP contribution in [0.4, 0.5) is 11.4 Å². The van der Waals surface area contributed by atoms with E-state index in [2.05, 4.69) is 46.5 Å². The maximum Gasteiger partial charge on any atom is 0.274 e. The molecule has 0 bridgehead atoms. The fraction of sp³-hybridized carbons (Fsp3) is 0.455. The molecule has 1 aliphatic heterocycles. The molecule has 3 rings (SSSR count). The molecule has 2 heterocycles. The first-order valence-electron chi connectivity index (χ1n) is 10.1. The molecule has 6 heteroatoms. The van der Waals surface area contributed by atoms with Gasteiger partial charge in [-0.05, 0) is 36.1 Å². The number of aryl methyl sites for hydroxylation is 2. The van der Waals surface area contributed by atoms with Gasteiger partial charge in [0.25, 0.3) is 5.91 Å². The second-order valence-electron chi connectivity index (χ2n) is 6.93. The van der Waals surface area contributed by atoms with Crippen molar-refractivity contribution in [2.24, 2.45) is 0 Å². The monoisotopic (exact) mass is 382 g/mol. The van der Waals surface area contributed by atoms with Crippen molar-refractivity contribution >= 4 is 17.3 Å². The summed E-state index contributed by atoms with van der Waals surface area (Å²) in [4.78, 5) is 19.4. The number of aromatic nitrogens is 1. The first-order chi connectivity index (χ1) is 13.7. The van der Waals surface area contributed by atoms with Crippen molar-refractivity contribution in [3.05, 3.63) is 53.3 Å². The van der Waals surface area contributed by atoms with Gasteiger partial charge in [-0.2, -0.15) is 0 Å². The number of rotatable bonds is 8. The number of amides is 1. The predicted octanol–water partition coefficient (Wildman–Crippen LogP) is 3.20. The third kappa shape index (κ3) is 5.30. The van der Waals surface area contributed by atoms with E-state index >= 15 is 0 Å². The van der Waals surface area contributed by atoms with Gasteiger partial charge in [0.1, 0.15) is 5.69 Å². The molecule has 0 atom stereocenters. The Morgan fingerprint density at radius 3 is 2.43 bits per heavy atom. The molecule has 1 saturated heterocycles. The van der Waals surface area contributed by atoms with E-state index in [0.29, 0.717) is 5.69 Å². The molecular formula is C22H30N4O2. The highest BCUT2D eigenvalue weighted by molar-refractivity contribution is 6.03. The lowest BCUT2D eigenvalue weighted by Crippen LogP contribution is -2.39. The maximum absolute atomic E-state index is 12.7. The van der Waals surface area contributed by atoms with E-state index in [1.807, 2.05) is 12.1 Å². The van der Waals surface area contributed by atoms with Crippen molar-refractivity contribution in [3.8, 4) is 0 Å². The van der Waals surface area contributed by atoms with Gasteiger partial charge in [0, 0.05) is 31.9 Å². The Hall–Kier alpha value is -2.44. The maximum atomic E-state index is 12.7. The van der Waals surface area contributed by atoms with Gasteiger partial charge in [0.15, 0.2) is 0 Å². The number of hydrogen-bond donors (Lipinski definition) is 2. The van der Waals surface area contributed by atoms with Crippen LogP contribution < -0.4 is 10.6 Å². The molecule has 2 aromatic rings. The highest BCUT2D eigenvalue weighted by Crippen LogP contribution is 2.23. The van der Waals surface area contributed by atoms with Gasteiger partial charge < -0.3 is 15.4 Å². The summed E-state index contributed by atoms with van der Waals surface area (Å²) < 4.78 is 5.36. The van der Waals surface area contributed by atoms with Crippen LogP contribution >= 0.6 is 0 Å². The Morgan fingerprint density at radius 1 is 1.11 bits per heavy atom. The third-order valence-corrected chi connectivity index (χ3v) is 5.09. The first kappa shape index (κ1) is 20.3. The lowest BCUT2D eigenvalue weighted by molar-refractivity contribution is 0.0398. The fourth-order valence-electron chi connectivity index (χ4n) is 3.40. The molecular weight excluding hydrogens is 352 g/mol. The largest absolute Gasteiger partial charge is 0.383 e. The zero-order valence-corrected chi connectivity index (χ0v) is 16.8. The van der Waals surface area contributed by atoms with Crippen LogP contribution in [-0.4, -0.2) is 55.2 Å². The third-order valence-electron chi connectivity index (χ3n) is 5.09. The van der Waals surface area contributed by atoms with E-state index in [-0.39, 0.29) is 5.91 Å². The van der Waals surface area contributed by atoms with E-state index in [1.54, 1.807) is 12.3 Å². The molecule has 1 fully saturated rings. The zero-order chi connectivity index (χ0) is 19.8. The lowest BCUT2D eigenvalue weighted by Gasteiger charge is -2.26. The minimum Gasteiger partial charge on any atom is -0.383 e. The quantitative estimate of drug-likeness (QED) is 0.734. The number of carbonyl (C=O) groups is 1. The number of nitrogens with one attached hydrogen (secondary N) is 2. The van der Waals surface area contributed by atoms with Gasteiger partial charge in [-0.15, -0.1) is 0 Å². The van der Waals surface area contributed by atoms with Crippen LogP contribution in [-0.2, 0) is 17.6 Å². The number of nitrogens with zero attached hydrogens (tertiary/aromatic N) is 2. The predicted molar refractivity (Wildman–Crippen MR) is 113 cm³/mol. The summed E-state index contributed by atoms with van der Waals surface area (Å²) in [6.07, 6.45) is 3.48. The second kappa shape index (κ2) is 10.2. The molecule has 0 aliphatic carbocycles. The molecule has 1 aromatic heterocycles. The van der Waals surface area contributed by atoms with Crippen molar-refractivity contribution in [2.45, 2.75) is 26.7 Å². The normalized spacial score (nSPS) is 14.6. The fourth-order valence-corrected chi connectivity index (χ4v) is 3.40. The number of anilines is 2. The number of ether oxygens (including phenoxy) is 1. The zero-order valence-electron chi connectivity index (χ0n) is 16.8. The van der Waals surface area contributed by atoms with Gasteiger partial charge >= 0.3 is 0 Å². The van der Waals surface area contributed by atoms with Gasteiger partial charge in [-0.1, -0.05) is 32.0 Å².